The van der Waals surface area contributed by atoms with Gasteiger partial charge in [0.25, 0.3) is 5.91 Å². The fourth-order valence-electron chi connectivity index (χ4n) is 5.48. The average Bonchev–Trinajstić information content (AvgIpc) is 3.24. The standard InChI is InChI=1S/C29H37N5O4.ClH/c1-20(30)21-4-7-24(8-5-21)38-17-3-2-12-32-13-15-33(16-14-32)23-6-9-25-22(18-23)19-34(29(25)37)26-10-11-27(35)31-28(26)36;/h4-9,18,20,26H,2-3,10-17,19,30H2,1H3,(H,31,35,36);1H/t20-,26?;/m0./s1. The molecule has 3 amide bonds. The molecule has 2 atom stereocenters. The number of nitrogens with zero attached hydrogens (tertiary/aromatic N) is 3. The maximum Gasteiger partial charge on any atom is 0.255 e. The van der Waals surface area contributed by atoms with Crippen molar-refractivity contribution in [3.63, 3.8) is 0 Å². The Morgan fingerprint density at radius 3 is 2.46 bits per heavy atom. The van der Waals surface area contributed by atoms with E-state index >= 15 is 0 Å². The van der Waals surface area contributed by atoms with Crippen molar-refractivity contribution in [1.82, 2.24) is 15.1 Å². The lowest BCUT2D eigenvalue weighted by Crippen LogP contribution is -2.52. The maximum atomic E-state index is 12.9. The van der Waals surface area contributed by atoms with Gasteiger partial charge in [-0.05, 0) is 74.2 Å². The number of nitrogens with two attached hydrogens (primary N) is 1. The molecule has 0 radical (unpaired) electrons. The number of fused-ring (bicyclic) bond motifs is 1. The van der Waals surface area contributed by atoms with Crippen LogP contribution in [0.2, 0.25) is 0 Å². The average molecular weight is 556 g/mol. The van der Waals surface area contributed by atoms with Crippen LogP contribution in [0.15, 0.2) is 42.5 Å². The molecule has 3 aliphatic heterocycles. The molecule has 0 aliphatic carbocycles. The number of piperidine rings is 1. The van der Waals surface area contributed by atoms with E-state index < -0.39 is 6.04 Å². The summed E-state index contributed by atoms with van der Waals surface area (Å²) in [6.45, 7) is 8.02. The van der Waals surface area contributed by atoms with Gasteiger partial charge in [-0.2, -0.15) is 0 Å². The van der Waals surface area contributed by atoms with Crippen molar-refractivity contribution in [2.24, 2.45) is 5.73 Å². The van der Waals surface area contributed by atoms with E-state index in [2.05, 4.69) is 21.2 Å². The fourth-order valence-corrected chi connectivity index (χ4v) is 5.48. The summed E-state index contributed by atoms with van der Waals surface area (Å²) < 4.78 is 5.87. The molecule has 0 bridgehead atoms. The SMILES string of the molecule is C[C@H](N)c1ccc(OCCCCN2CCN(c3ccc4c(c3)CN(C3CCC(=O)NC3=O)C4=O)CC2)cc1.Cl. The number of halogens is 1. The molecule has 5 rings (SSSR count). The van der Waals surface area contributed by atoms with E-state index in [1.165, 1.54) is 0 Å². The first-order valence-corrected chi connectivity index (χ1v) is 13.6. The Balaban J connectivity index is 0.00000353. The first-order valence-electron chi connectivity index (χ1n) is 13.6. The third-order valence-electron chi connectivity index (χ3n) is 7.79. The van der Waals surface area contributed by atoms with Gasteiger partial charge in [0.05, 0.1) is 6.61 Å². The van der Waals surface area contributed by atoms with Gasteiger partial charge in [0.15, 0.2) is 0 Å². The summed E-state index contributed by atoms with van der Waals surface area (Å²) in [5, 5.41) is 2.36. The summed E-state index contributed by atoms with van der Waals surface area (Å²) in [4.78, 5) is 43.2. The van der Waals surface area contributed by atoms with Gasteiger partial charge in [-0.1, -0.05) is 12.1 Å². The van der Waals surface area contributed by atoms with Crippen molar-refractivity contribution in [3.05, 3.63) is 59.2 Å². The van der Waals surface area contributed by atoms with Crippen LogP contribution in [0.1, 0.15) is 60.1 Å². The molecule has 1 unspecified atom stereocenters. The molecule has 2 saturated heterocycles. The molecule has 0 aromatic heterocycles. The predicted octanol–water partition coefficient (Wildman–Crippen LogP) is 2.87. The Kier molecular flexibility index (Phi) is 9.48. The van der Waals surface area contributed by atoms with E-state index in [0.717, 1.165) is 68.1 Å². The molecule has 3 N–H and O–H groups in total. The van der Waals surface area contributed by atoms with Gasteiger partial charge in [0.2, 0.25) is 11.8 Å². The summed E-state index contributed by atoms with van der Waals surface area (Å²) >= 11 is 0. The zero-order valence-corrected chi connectivity index (χ0v) is 23.3. The minimum Gasteiger partial charge on any atom is -0.494 e. The van der Waals surface area contributed by atoms with Gasteiger partial charge in [0.1, 0.15) is 11.8 Å². The first kappa shape index (κ1) is 28.9. The number of carbonyl (C=O) groups is 3. The zero-order valence-electron chi connectivity index (χ0n) is 22.4. The molecular weight excluding hydrogens is 518 g/mol. The van der Waals surface area contributed by atoms with Gasteiger partial charge >= 0.3 is 0 Å². The third-order valence-corrected chi connectivity index (χ3v) is 7.79. The molecule has 0 saturated carbocycles. The summed E-state index contributed by atoms with van der Waals surface area (Å²) in [6, 6.07) is 13.5. The number of nitrogens with one attached hydrogen (secondary N) is 1. The summed E-state index contributed by atoms with van der Waals surface area (Å²) in [6.07, 6.45) is 2.75. The van der Waals surface area contributed by atoms with Crippen molar-refractivity contribution >= 4 is 35.8 Å². The van der Waals surface area contributed by atoms with E-state index in [-0.39, 0.29) is 42.6 Å². The lowest BCUT2D eigenvalue weighted by atomic mass is 10.0. The van der Waals surface area contributed by atoms with Gasteiger partial charge in [0, 0.05) is 56.4 Å². The number of benzene rings is 2. The molecule has 39 heavy (non-hydrogen) atoms. The fraction of sp³-hybridized carbons (Fsp3) is 0.483. The monoisotopic (exact) mass is 555 g/mol. The highest BCUT2D eigenvalue weighted by atomic mass is 35.5. The van der Waals surface area contributed by atoms with Crippen molar-refractivity contribution in [2.45, 2.75) is 51.2 Å². The molecule has 210 valence electrons. The Morgan fingerprint density at radius 2 is 1.77 bits per heavy atom. The lowest BCUT2D eigenvalue weighted by molar-refractivity contribution is -0.136. The number of anilines is 1. The van der Waals surface area contributed by atoms with Crippen LogP contribution >= 0.6 is 12.4 Å². The van der Waals surface area contributed by atoms with Gasteiger partial charge < -0.3 is 20.3 Å². The molecule has 2 fully saturated rings. The van der Waals surface area contributed by atoms with Gasteiger partial charge in [-0.3, -0.25) is 24.6 Å². The van der Waals surface area contributed by atoms with Crippen LogP contribution in [0.4, 0.5) is 5.69 Å². The van der Waals surface area contributed by atoms with Crippen molar-refractivity contribution < 1.29 is 19.1 Å². The Morgan fingerprint density at radius 1 is 1.03 bits per heavy atom. The Bertz CT molecular complexity index is 1180. The highest BCUT2D eigenvalue weighted by molar-refractivity contribution is 6.05. The highest BCUT2D eigenvalue weighted by Crippen LogP contribution is 2.31. The molecule has 0 spiro atoms. The largest absolute Gasteiger partial charge is 0.494 e. The van der Waals surface area contributed by atoms with Gasteiger partial charge in [-0.25, -0.2) is 0 Å². The lowest BCUT2D eigenvalue weighted by Gasteiger charge is -2.36. The quantitative estimate of drug-likeness (QED) is 0.362. The van der Waals surface area contributed by atoms with E-state index in [0.29, 0.717) is 25.1 Å². The summed E-state index contributed by atoms with van der Waals surface area (Å²) in [7, 11) is 0. The zero-order chi connectivity index (χ0) is 26.6. The van der Waals surface area contributed by atoms with E-state index in [1.54, 1.807) is 4.90 Å². The third kappa shape index (κ3) is 6.72. The van der Waals surface area contributed by atoms with Gasteiger partial charge in [-0.15, -0.1) is 12.4 Å². The molecule has 3 aliphatic rings. The normalized spacial score (nSPS) is 20.4. The van der Waals surface area contributed by atoms with Crippen molar-refractivity contribution in [3.8, 4) is 5.75 Å². The topological polar surface area (TPSA) is 108 Å². The maximum absolute atomic E-state index is 12.9. The van der Waals surface area contributed by atoms with Crippen LogP contribution in [0.25, 0.3) is 0 Å². The number of amides is 3. The Labute approximate surface area is 236 Å². The highest BCUT2D eigenvalue weighted by Gasteiger charge is 2.39. The number of hydrogen-bond acceptors (Lipinski definition) is 7. The van der Waals surface area contributed by atoms with Crippen LogP contribution < -0.4 is 20.7 Å². The van der Waals surface area contributed by atoms with E-state index in [4.69, 9.17) is 10.5 Å². The number of carbonyl (C=O) groups excluding carboxylic acids is 3. The number of ether oxygens (including phenoxy) is 1. The molecule has 2 aromatic rings. The summed E-state index contributed by atoms with van der Waals surface area (Å²) in [5.41, 5.74) is 9.73. The van der Waals surface area contributed by atoms with Crippen LogP contribution in [-0.4, -0.2) is 72.9 Å². The smallest absolute Gasteiger partial charge is 0.255 e. The van der Waals surface area contributed by atoms with Crippen LogP contribution in [0.3, 0.4) is 0 Å². The molecule has 9 nitrogen and oxygen atoms in total. The number of hydrogen-bond donors (Lipinski definition) is 2. The molecule has 2 aromatic carbocycles. The van der Waals surface area contributed by atoms with Crippen LogP contribution in [0, 0.1) is 0 Å². The number of imide groups is 1. The summed E-state index contributed by atoms with van der Waals surface area (Å²) in [5.74, 6) is 0.117. The first-order chi connectivity index (χ1) is 18.4. The number of piperazine rings is 1. The molecule has 10 heteroatoms. The number of unbranched alkanes of at least 4 members (excludes halogenated alkanes) is 1. The second-order valence-corrected chi connectivity index (χ2v) is 10.5. The minimum absolute atomic E-state index is 0. The molecular formula is C29H38ClN5O4. The Hall–Kier alpha value is -3.14. The van der Waals surface area contributed by atoms with Crippen molar-refractivity contribution in [1.29, 1.82) is 0 Å². The molecule has 3 heterocycles. The number of rotatable bonds is 9. The van der Waals surface area contributed by atoms with Crippen molar-refractivity contribution in [2.75, 3.05) is 44.2 Å². The van der Waals surface area contributed by atoms with Crippen LogP contribution in [0.5, 0.6) is 5.75 Å². The second kappa shape index (κ2) is 12.8. The predicted molar refractivity (Wildman–Crippen MR) is 152 cm³/mol. The van der Waals surface area contributed by atoms with Crippen LogP contribution in [-0.2, 0) is 16.1 Å². The second-order valence-electron chi connectivity index (χ2n) is 10.5. The minimum atomic E-state index is -0.578. The van der Waals surface area contributed by atoms with E-state index in [1.807, 2.05) is 43.3 Å². The van der Waals surface area contributed by atoms with E-state index in [9.17, 15) is 14.4 Å².